The van der Waals surface area contributed by atoms with Crippen molar-refractivity contribution in [2.24, 2.45) is 4.99 Å². The van der Waals surface area contributed by atoms with E-state index in [1.54, 1.807) is 13.2 Å². The zero-order valence-electron chi connectivity index (χ0n) is 20.5. The van der Waals surface area contributed by atoms with Gasteiger partial charge in [-0.2, -0.15) is 0 Å². The number of fused-ring (bicyclic) bond motifs is 2. The van der Waals surface area contributed by atoms with E-state index in [1.165, 1.54) is 6.08 Å². The summed E-state index contributed by atoms with van der Waals surface area (Å²) in [5.74, 6) is 1.97. The van der Waals surface area contributed by atoms with E-state index >= 15 is 0 Å². The molecule has 0 atom stereocenters. The molecule has 0 saturated carbocycles. The minimum atomic E-state index is -0.187. The molecular weight excluding hydrogens is 466 g/mol. The van der Waals surface area contributed by atoms with Crippen LogP contribution in [0.1, 0.15) is 22.4 Å². The van der Waals surface area contributed by atoms with Crippen LogP contribution in [0.5, 0.6) is 17.2 Å². The van der Waals surface area contributed by atoms with Gasteiger partial charge in [0.1, 0.15) is 5.75 Å². The van der Waals surface area contributed by atoms with Gasteiger partial charge in [0, 0.05) is 34.7 Å². The number of para-hydroxylation sites is 1. The van der Waals surface area contributed by atoms with Gasteiger partial charge in [-0.25, -0.2) is 0 Å². The van der Waals surface area contributed by atoms with Gasteiger partial charge in [0.15, 0.2) is 11.5 Å². The Morgan fingerprint density at radius 2 is 1.92 bits per heavy atom. The minimum Gasteiger partial charge on any atom is -0.497 e. The number of ether oxygens (including phenoxy) is 3. The molecule has 0 unspecified atom stereocenters. The fourth-order valence-electron chi connectivity index (χ4n) is 4.21. The lowest BCUT2D eigenvalue weighted by Gasteiger charge is -2.09. The molecule has 0 aliphatic carbocycles. The van der Waals surface area contributed by atoms with E-state index in [9.17, 15) is 4.79 Å². The first-order valence-corrected chi connectivity index (χ1v) is 11.9. The SMILES string of the molecule is C=Cc1c(/C(=N\CCNC(=O)/C=C/c2ccc(OC)cc2)c2ccc3c(c2)OCO3)[nH]c2ccccc12. The summed E-state index contributed by atoms with van der Waals surface area (Å²) >= 11 is 0. The lowest BCUT2D eigenvalue weighted by Crippen LogP contribution is -2.24. The van der Waals surface area contributed by atoms with Gasteiger partial charge in [-0.1, -0.05) is 43.0 Å². The summed E-state index contributed by atoms with van der Waals surface area (Å²) in [6, 6.07) is 21.3. The molecule has 186 valence electrons. The fourth-order valence-corrected chi connectivity index (χ4v) is 4.21. The maximum atomic E-state index is 12.3. The van der Waals surface area contributed by atoms with Crippen molar-refractivity contribution in [3.05, 3.63) is 102 Å². The molecule has 4 aromatic rings. The Labute approximate surface area is 215 Å². The number of hydrogen-bond acceptors (Lipinski definition) is 5. The average Bonchev–Trinajstić information content (AvgIpc) is 3.56. The minimum absolute atomic E-state index is 0.187. The summed E-state index contributed by atoms with van der Waals surface area (Å²) in [6.45, 7) is 5.00. The molecule has 0 bridgehead atoms. The number of nitrogens with zero attached hydrogens (tertiary/aromatic N) is 1. The standard InChI is InChI=1S/C30H27N3O4/c1-3-23-24-6-4-5-7-25(24)33-30(23)29(21-11-14-26-27(18-21)37-19-36-26)32-17-16-31-28(34)15-10-20-8-12-22(35-2)13-9-20/h3-15,18,33H,1,16-17,19H2,2H3,(H,31,34)/b15-10+,32-29-. The number of H-pyrrole nitrogens is 1. The van der Waals surface area contributed by atoms with Crippen LogP contribution in [0.25, 0.3) is 23.1 Å². The molecule has 1 aliphatic heterocycles. The van der Waals surface area contributed by atoms with E-state index in [2.05, 4.69) is 22.9 Å². The Kier molecular flexibility index (Phi) is 7.03. The lowest BCUT2D eigenvalue weighted by molar-refractivity contribution is -0.116. The van der Waals surface area contributed by atoms with Crippen LogP contribution >= 0.6 is 0 Å². The molecule has 7 heteroatoms. The van der Waals surface area contributed by atoms with E-state index in [0.29, 0.717) is 24.6 Å². The van der Waals surface area contributed by atoms with Crippen molar-refractivity contribution in [1.82, 2.24) is 10.3 Å². The number of aromatic nitrogens is 1. The molecule has 2 N–H and O–H groups in total. The van der Waals surface area contributed by atoms with Crippen molar-refractivity contribution in [3.63, 3.8) is 0 Å². The molecule has 0 fully saturated rings. The summed E-state index contributed by atoms with van der Waals surface area (Å²) in [4.78, 5) is 20.7. The molecule has 0 radical (unpaired) electrons. The highest BCUT2D eigenvalue weighted by Gasteiger charge is 2.20. The smallest absolute Gasteiger partial charge is 0.244 e. The predicted octanol–water partition coefficient (Wildman–Crippen LogP) is 5.22. The topological polar surface area (TPSA) is 84.9 Å². The number of carbonyl (C=O) groups excluding carboxylic acids is 1. The van der Waals surface area contributed by atoms with Crippen molar-refractivity contribution < 1.29 is 19.0 Å². The molecule has 1 aliphatic rings. The number of aromatic amines is 1. The Morgan fingerprint density at radius 3 is 2.73 bits per heavy atom. The Hall–Kier alpha value is -4.78. The number of aliphatic imine (C=N–C) groups is 1. The zero-order chi connectivity index (χ0) is 25.6. The highest BCUT2D eigenvalue weighted by Crippen LogP contribution is 2.34. The maximum Gasteiger partial charge on any atom is 0.244 e. The molecule has 0 saturated heterocycles. The second-order valence-electron chi connectivity index (χ2n) is 8.36. The van der Waals surface area contributed by atoms with Crippen molar-refractivity contribution in [1.29, 1.82) is 0 Å². The van der Waals surface area contributed by atoms with Crippen molar-refractivity contribution in [3.8, 4) is 17.2 Å². The van der Waals surface area contributed by atoms with Crippen LogP contribution in [-0.4, -0.2) is 43.6 Å². The maximum absolute atomic E-state index is 12.3. The number of methoxy groups -OCH3 is 1. The first-order chi connectivity index (χ1) is 18.2. The first kappa shape index (κ1) is 23.9. The van der Waals surface area contributed by atoms with Gasteiger partial charge in [0.2, 0.25) is 12.7 Å². The number of amides is 1. The fraction of sp³-hybridized carbons (Fsp3) is 0.133. The van der Waals surface area contributed by atoms with Gasteiger partial charge in [0.05, 0.1) is 25.1 Å². The first-order valence-electron chi connectivity index (χ1n) is 11.9. The third-order valence-electron chi connectivity index (χ3n) is 6.06. The summed E-state index contributed by atoms with van der Waals surface area (Å²) in [5.41, 5.74) is 5.38. The van der Waals surface area contributed by atoms with Crippen LogP contribution in [-0.2, 0) is 4.79 Å². The van der Waals surface area contributed by atoms with E-state index in [-0.39, 0.29) is 12.7 Å². The quantitative estimate of drug-likeness (QED) is 0.190. The highest BCUT2D eigenvalue weighted by molar-refractivity contribution is 6.17. The van der Waals surface area contributed by atoms with Crippen molar-refractivity contribution >= 4 is 34.7 Å². The summed E-state index contributed by atoms with van der Waals surface area (Å²) in [6.07, 6.45) is 5.11. The molecule has 0 spiro atoms. The van der Waals surface area contributed by atoms with Crippen LogP contribution in [0.4, 0.5) is 0 Å². The van der Waals surface area contributed by atoms with Gasteiger partial charge >= 0.3 is 0 Å². The van der Waals surface area contributed by atoms with Crippen LogP contribution in [0.15, 0.2) is 84.4 Å². The average molecular weight is 494 g/mol. The molecule has 1 aromatic heterocycles. The molecule has 7 nitrogen and oxygen atoms in total. The largest absolute Gasteiger partial charge is 0.497 e. The van der Waals surface area contributed by atoms with Crippen LogP contribution < -0.4 is 19.5 Å². The van der Waals surface area contributed by atoms with Gasteiger partial charge in [-0.05, 0) is 48.0 Å². The van der Waals surface area contributed by atoms with E-state index in [1.807, 2.05) is 66.7 Å². The van der Waals surface area contributed by atoms with E-state index in [0.717, 1.165) is 44.7 Å². The molecular formula is C30H27N3O4. The monoisotopic (exact) mass is 493 g/mol. The normalized spacial score (nSPS) is 12.7. The second kappa shape index (κ2) is 10.9. The summed E-state index contributed by atoms with van der Waals surface area (Å²) < 4.78 is 16.2. The Balaban J connectivity index is 1.35. The van der Waals surface area contributed by atoms with Crippen molar-refractivity contribution in [2.75, 3.05) is 27.0 Å². The van der Waals surface area contributed by atoms with Gasteiger partial charge in [-0.3, -0.25) is 9.79 Å². The Bertz CT molecular complexity index is 1500. The highest BCUT2D eigenvalue weighted by atomic mass is 16.7. The van der Waals surface area contributed by atoms with Gasteiger partial charge in [-0.15, -0.1) is 0 Å². The molecule has 1 amide bonds. The number of carbonyl (C=O) groups is 1. The van der Waals surface area contributed by atoms with Gasteiger partial charge < -0.3 is 24.5 Å². The van der Waals surface area contributed by atoms with Crippen LogP contribution in [0, 0.1) is 0 Å². The number of hydrogen-bond donors (Lipinski definition) is 2. The third-order valence-corrected chi connectivity index (χ3v) is 6.06. The van der Waals surface area contributed by atoms with Crippen LogP contribution in [0.2, 0.25) is 0 Å². The summed E-state index contributed by atoms with van der Waals surface area (Å²) in [7, 11) is 1.62. The third kappa shape index (κ3) is 5.26. The predicted molar refractivity (Wildman–Crippen MR) is 146 cm³/mol. The van der Waals surface area contributed by atoms with Gasteiger partial charge in [0.25, 0.3) is 0 Å². The molecule has 37 heavy (non-hydrogen) atoms. The number of nitrogens with one attached hydrogen (secondary N) is 2. The van der Waals surface area contributed by atoms with E-state index < -0.39 is 0 Å². The number of benzene rings is 3. The Morgan fingerprint density at radius 1 is 1.11 bits per heavy atom. The zero-order valence-corrected chi connectivity index (χ0v) is 20.5. The molecule has 3 aromatic carbocycles. The second-order valence-corrected chi connectivity index (χ2v) is 8.36. The van der Waals surface area contributed by atoms with Crippen molar-refractivity contribution in [2.45, 2.75) is 0 Å². The molecule has 2 heterocycles. The number of rotatable bonds is 9. The van der Waals surface area contributed by atoms with Crippen LogP contribution in [0.3, 0.4) is 0 Å². The lowest BCUT2D eigenvalue weighted by atomic mass is 10.0. The summed E-state index contributed by atoms with van der Waals surface area (Å²) in [5, 5.41) is 3.97. The molecule has 5 rings (SSSR count). The van der Waals surface area contributed by atoms with E-state index in [4.69, 9.17) is 19.2 Å².